The maximum atomic E-state index is 12.0. The molecule has 2 aromatic rings. The first-order valence-corrected chi connectivity index (χ1v) is 7.02. The highest BCUT2D eigenvalue weighted by atomic mass is 127. The lowest BCUT2D eigenvalue weighted by Crippen LogP contribution is -2.24. The highest BCUT2D eigenvalue weighted by Gasteiger charge is 2.10. The third-order valence-electron chi connectivity index (χ3n) is 2.25. The Balaban J connectivity index is 2.06. The molecule has 0 bridgehead atoms. The van der Waals surface area contributed by atoms with Crippen molar-refractivity contribution in [3.8, 4) is 0 Å². The number of hydrogen-bond acceptors (Lipinski definition) is 3. The number of carbonyl (C=O) groups is 1. The van der Waals surface area contributed by atoms with Gasteiger partial charge >= 0.3 is 0 Å². The molecule has 0 aliphatic carbocycles. The molecular formula is C12H9BrIN3O. The Labute approximate surface area is 126 Å². The minimum Gasteiger partial charge on any atom is -0.346 e. The van der Waals surface area contributed by atoms with Gasteiger partial charge in [0.2, 0.25) is 0 Å². The van der Waals surface area contributed by atoms with Crippen LogP contribution in [0.15, 0.2) is 41.3 Å². The quantitative estimate of drug-likeness (QED) is 0.781. The van der Waals surface area contributed by atoms with Crippen molar-refractivity contribution in [3.05, 3.63) is 56.1 Å². The average molecular weight is 418 g/mol. The van der Waals surface area contributed by atoms with Crippen molar-refractivity contribution in [2.24, 2.45) is 0 Å². The number of carbonyl (C=O) groups excluding carboxylic acids is 1. The van der Waals surface area contributed by atoms with Crippen LogP contribution in [0.1, 0.15) is 16.1 Å². The Morgan fingerprint density at radius 3 is 2.94 bits per heavy atom. The number of halogens is 2. The second-order valence-corrected chi connectivity index (χ2v) is 5.59. The molecule has 0 aliphatic heterocycles. The molecule has 0 saturated heterocycles. The van der Waals surface area contributed by atoms with Gasteiger partial charge in [-0.25, -0.2) is 9.97 Å². The summed E-state index contributed by atoms with van der Waals surface area (Å²) in [7, 11) is 0. The summed E-state index contributed by atoms with van der Waals surface area (Å²) >= 11 is 5.50. The van der Waals surface area contributed by atoms with E-state index in [1.165, 1.54) is 6.33 Å². The van der Waals surface area contributed by atoms with Gasteiger partial charge < -0.3 is 5.32 Å². The van der Waals surface area contributed by atoms with Crippen LogP contribution in [0.25, 0.3) is 0 Å². The van der Waals surface area contributed by atoms with Gasteiger partial charge in [-0.3, -0.25) is 4.79 Å². The lowest BCUT2D eigenvalue weighted by molar-refractivity contribution is 0.0949. The Kier molecular flexibility index (Phi) is 4.65. The molecule has 1 aromatic heterocycles. The maximum absolute atomic E-state index is 12.0. The smallest absolute Gasteiger partial charge is 0.252 e. The first-order valence-electron chi connectivity index (χ1n) is 5.15. The van der Waals surface area contributed by atoms with Crippen molar-refractivity contribution in [1.82, 2.24) is 15.3 Å². The zero-order valence-corrected chi connectivity index (χ0v) is 13.0. The number of rotatable bonds is 3. The van der Waals surface area contributed by atoms with Crippen molar-refractivity contribution in [2.45, 2.75) is 6.54 Å². The molecule has 0 aliphatic rings. The third-order valence-corrected chi connectivity index (χ3v) is 3.68. The van der Waals surface area contributed by atoms with Crippen molar-refractivity contribution in [2.75, 3.05) is 0 Å². The van der Waals surface area contributed by atoms with Crippen LogP contribution in [0, 0.1) is 3.57 Å². The van der Waals surface area contributed by atoms with Crippen LogP contribution < -0.4 is 5.32 Å². The van der Waals surface area contributed by atoms with Gasteiger partial charge in [0.15, 0.2) is 0 Å². The summed E-state index contributed by atoms with van der Waals surface area (Å²) in [6, 6.07) is 7.37. The van der Waals surface area contributed by atoms with E-state index in [1.54, 1.807) is 18.3 Å². The fraction of sp³-hybridized carbons (Fsp3) is 0.0833. The SMILES string of the molecule is O=C(NCc1ccncn1)c1cc(Br)ccc1I. The minimum absolute atomic E-state index is 0.112. The summed E-state index contributed by atoms with van der Waals surface area (Å²) in [5.41, 5.74) is 1.43. The highest BCUT2D eigenvalue weighted by molar-refractivity contribution is 14.1. The van der Waals surface area contributed by atoms with Crippen LogP contribution in [0.4, 0.5) is 0 Å². The van der Waals surface area contributed by atoms with Gasteiger partial charge in [0, 0.05) is 14.2 Å². The summed E-state index contributed by atoms with van der Waals surface area (Å²) in [5, 5.41) is 2.83. The molecule has 1 heterocycles. The molecule has 6 heteroatoms. The van der Waals surface area contributed by atoms with Crippen molar-refractivity contribution < 1.29 is 4.79 Å². The van der Waals surface area contributed by atoms with Crippen LogP contribution >= 0.6 is 38.5 Å². The molecule has 1 aromatic carbocycles. The summed E-state index contributed by atoms with van der Waals surface area (Å²) in [6.45, 7) is 0.393. The van der Waals surface area contributed by atoms with Crippen LogP contribution in [-0.2, 0) is 6.54 Å². The largest absolute Gasteiger partial charge is 0.346 e. The second-order valence-electron chi connectivity index (χ2n) is 3.51. The lowest BCUT2D eigenvalue weighted by Gasteiger charge is -2.06. The molecule has 4 nitrogen and oxygen atoms in total. The summed E-state index contributed by atoms with van der Waals surface area (Å²) in [5.74, 6) is -0.112. The first kappa shape index (κ1) is 13.4. The van der Waals surface area contributed by atoms with Crippen molar-refractivity contribution >= 4 is 44.4 Å². The number of amides is 1. The number of nitrogens with zero attached hydrogens (tertiary/aromatic N) is 2. The molecule has 0 fully saturated rings. The van der Waals surface area contributed by atoms with Gasteiger partial charge in [-0.2, -0.15) is 0 Å². The molecule has 0 radical (unpaired) electrons. The standard InChI is InChI=1S/C12H9BrIN3O/c13-8-1-2-11(14)10(5-8)12(18)16-6-9-3-4-15-7-17-9/h1-5,7H,6H2,(H,16,18). The Hall–Kier alpha value is -1.02. The monoisotopic (exact) mass is 417 g/mol. The van der Waals surface area contributed by atoms with E-state index in [0.717, 1.165) is 13.7 Å². The van der Waals surface area contributed by atoms with Gasteiger partial charge in [0.05, 0.1) is 17.8 Å². The molecule has 92 valence electrons. The predicted octanol–water partition coefficient (Wildman–Crippen LogP) is 2.77. The van der Waals surface area contributed by atoms with Crippen LogP contribution in [0.5, 0.6) is 0 Å². The summed E-state index contributed by atoms with van der Waals surface area (Å²) in [6.07, 6.45) is 3.11. The topological polar surface area (TPSA) is 54.9 Å². The Morgan fingerprint density at radius 1 is 1.39 bits per heavy atom. The van der Waals surface area contributed by atoms with Gasteiger partial charge in [-0.05, 0) is 46.9 Å². The van der Waals surface area contributed by atoms with E-state index in [9.17, 15) is 4.79 Å². The number of aromatic nitrogens is 2. The summed E-state index contributed by atoms with van der Waals surface area (Å²) in [4.78, 5) is 19.9. The van der Waals surface area contributed by atoms with E-state index < -0.39 is 0 Å². The molecule has 0 saturated carbocycles. The van der Waals surface area contributed by atoms with E-state index >= 15 is 0 Å². The molecule has 1 amide bonds. The minimum atomic E-state index is -0.112. The first-order chi connectivity index (χ1) is 8.66. The van der Waals surface area contributed by atoms with Crippen molar-refractivity contribution in [1.29, 1.82) is 0 Å². The zero-order valence-electron chi connectivity index (χ0n) is 9.23. The van der Waals surface area contributed by atoms with Crippen LogP contribution in [0.2, 0.25) is 0 Å². The number of benzene rings is 1. The molecule has 1 N–H and O–H groups in total. The van der Waals surface area contributed by atoms with Crippen LogP contribution in [-0.4, -0.2) is 15.9 Å². The normalized spacial score (nSPS) is 10.1. The average Bonchev–Trinajstić information content (AvgIpc) is 2.40. The third kappa shape index (κ3) is 3.49. The van der Waals surface area contributed by atoms with Gasteiger partial charge in [0.1, 0.15) is 6.33 Å². The molecule has 0 unspecified atom stereocenters. The second kappa shape index (κ2) is 6.24. The Bertz CT molecular complexity index is 563. The van der Waals surface area contributed by atoms with Crippen LogP contribution in [0.3, 0.4) is 0 Å². The van der Waals surface area contributed by atoms with Gasteiger partial charge in [-0.15, -0.1) is 0 Å². The molecular weight excluding hydrogens is 409 g/mol. The Morgan fingerprint density at radius 2 is 2.22 bits per heavy atom. The lowest BCUT2D eigenvalue weighted by atomic mass is 10.2. The molecule has 0 spiro atoms. The van der Waals surface area contributed by atoms with E-state index in [2.05, 4.69) is 53.8 Å². The number of hydrogen-bond donors (Lipinski definition) is 1. The molecule has 2 rings (SSSR count). The van der Waals surface area contributed by atoms with Gasteiger partial charge in [0.25, 0.3) is 5.91 Å². The highest BCUT2D eigenvalue weighted by Crippen LogP contribution is 2.18. The fourth-order valence-corrected chi connectivity index (χ4v) is 2.30. The summed E-state index contributed by atoms with van der Waals surface area (Å²) < 4.78 is 1.80. The molecule has 0 atom stereocenters. The predicted molar refractivity (Wildman–Crippen MR) is 80.1 cm³/mol. The van der Waals surface area contributed by atoms with E-state index in [-0.39, 0.29) is 5.91 Å². The van der Waals surface area contributed by atoms with Gasteiger partial charge in [-0.1, -0.05) is 15.9 Å². The fourth-order valence-electron chi connectivity index (χ4n) is 1.36. The van der Waals surface area contributed by atoms with Crippen molar-refractivity contribution in [3.63, 3.8) is 0 Å². The maximum Gasteiger partial charge on any atom is 0.252 e. The number of nitrogens with one attached hydrogen (secondary N) is 1. The van der Waals surface area contributed by atoms with E-state index in [4.69, 9.17) is 0 Å². The zero-order chi connectivity index (χ0) is 13.0. The van der Waals surface area contributed by atoms with E-state index in [0.29, 0.717) is 12.1 Å². The molecule has 18 heavy (non-hydrogen) atoms. The van der Waals surface area contributed by atoms with E-state index in [1.807, 2.05) is 12.1 Å².